The minimum atomic E-state index is -0.0378. The second-order valence-electron chi connectivity index (χ2n) is 4.37. The van der Waals surface area contributed by atoms with Crippen LogP contribution in [0.2, 0.25) is 0 Å². The van der Waals surface area contributed by atoms with Crippen LogP contribution in [-0.2, 0) is 6.54 Å². The molecule has 0 fully saturated rings. The second-order valence-corrected chi connectivity index (χ2v) is 4.37. The van der Waals surface area contributed by atoms with Gasteiger partial charge in [-0.3, -0.25) is 4.79 Å². The lowest BCUT2D eigenvalue weighted by atomic mass is 10.3. The van der Waals surface area contributed by atoms with Gasteiger partial charge in [-0.25, -0.2) is 4.68 Å². The van der Waals surface area contributed by atoms with E-state index < -0.39 is 0 Å². The zero-order valence-electron chi connectivity index (χ0n) is 11.8. The van der Waals surface area contributed by atoms with Gasteiger partial charge in [0.2, 0.25) is 0 Å². The van der Waals surface area contributed by atoms with Crippen LogP contribution in [0.15, 0.2) is 17.1 Å². The first-order valence-electron chi connectivity index (χ1n) is 6.67. The number of nitrogens with one attached hydrogen (secondary N) is 1. The van der Waals surface area contributed by atoms with Crippen LogP contribution < -0.4 is 15.8 Å². The van der Waals surface area contributed by atoms with Gasteiger partial charge in [0, 0.05) is 25.2 Å². The molecule has 1 unspecified atom stereocenters. The summed E-state index contributed by atoms with van der Waals surface area (Å²) in [7, 11) is 0. The maximum atomic E-state index is 12.0. The van der Waals surface area contributed by atoms with Gasteiger partial charge in [-0.1, -0.05) is 6.92 Å². The number of aromatic nitrogens is 2. The molecule has 5 nitrogen and oxygen atoms in total. The first-order chi connectivity index (χ1) is 8.62. The number of hydrogen-bond acceptors (Lipinski definition) is 4. The molecule has 0 aliphatic carbocycles. The molecule has 0 bridgehead atoms. The van der Waals surface area contributed by atoms with Crippen LogP contribution >= 0.6 is 0 Å². The molecule has 1 heterocycles. The lowest BCUT2D eigenvalue weighted by Gasteiger charge is -2.21. The third-order valence-electron chi connectivity index (χ3n) is 2.98. The van der Waals surface area contributed by atoms with Gasteiger partial charge in [-0.15, -0.1) is 0 Å². The molecular formula is C13H24N4O. The van der Waals surface area contributed by atoms with Crippen molar-refractivity contribution in [2.45, 2.75) is 40.3 Å². The standard InChI is InChI=1S/C13H24N4O/c1-5-14-11(4)10-17-13(18)8-12(9-15-17)16(6-2)7-3/h8-9,11,14H,5-7,10H2,1-4H3. The van der Waals surface area contributed by atoms with Crippen molar-refractivity contribution in [3.63, 3.8) is 0 Å². The molecule has 0 spiro atoms. The largest absolute Gasteiger partial charge is 0.371 e. The van der Waals surface area contributed by atoms with Crippen molar-refractivity contribution in [2.24, 2.45) is 0 Å². The topological polar surface area (TPSA) is 50.2 Å². The van der Waals surface area contributed by atoms with E-state index in [2.05, 4.69) is 43.0 Å². The van der Waals surface area contributed by atoms with E-state index in [4.69, 9.17) is 0 Å². The van der Waals surface area contributed by atoms with Crippen LogP contribution in [0.25, 0.3) is 0 Å². The molecule has 0 aliphatic heterocycles. The molecule has 5 heteroatoms. The van der Waals surface area contributed by atoms with E-state index in [-0.39, 0.29) is 11.6 Å². The Morgan fingerprint density at radius 2 is 2.06 bits per heavy atom. The summed E-state index contributed by atoms with van der Waals surface area (Å²) in [5.74, 6) is 0. The molecule has 0 aromatic carbocycles. The summed E-state index contributed by atoms with van der Waals surface area (Å²) < 4.78 is 1.51. The summed E-state index contributed by atoms with van der Waals surface area (Å²) in [4.78, 5) is 14.1. The molecule has 1 rings (SSSR count). The highest BCUT2D eigenvalue weighted by Gasteiger charge is 2.07. The molecule has 1 atom stereocenters. The molecule has 0 saturated heterocycles. The number of rotatable bonds is 7. The molecular weight excluding hydrogens is 228 g/mol. The van der Waals surface area contributed by atoms with Crippen LogP contribution in [0.1, 0.15) is 27.7 Å². The van der Waals surface area contributed by atoms with E-state index in [1.807, 2.05) is 0 Å². The predicted molar refractivity (Wildman–Crippen MR) is 75.2 cm³/mol. The fraction of sp³-hybridized carbons (Fsp3) is 0.692. The van der Waals surface area contributed by atoms with Crippen LogP contribution in [0.4, 0.5) is 5.69 Å². The summed E-state index contributed by atoms with van der Waals surface area (Å²) in [6.45, 7) is 11.5. The van der Waals surface area contributed by atoms with Gasteiger partial charge in [0.1, 0.15) is 0 Å². The summed E-state index contributed by atoms with van der Waals surface area (Å²) in [6.07, 6.45) is 1.77. The fourth-order valence-corrected chi connectivity index (χ4v) is 2.00. The van der Waals surface area contributed by atoms with E-state index in [1.54, 1.807) is 12.3 Å². The van der Waals surface area contributed by atoms with Gasteiger partial charge in [0.25, 0.3) is 5.56 Å². The molecule has 1 N–H and O–H groups in total. The van der Waals surface area contributed by atoms with Gasteiger partial charge in [-0.05, 0) is 27.3 Å². The van der Waals surface area contributed by atoms with Gasteiger partial charge < -0.3 is 10.2 Å². The third-order valence-corrected chi connectivity index (χ3v) is 2.98. The Morgan fingerprint density at radius 1 is 1.39 bits per heavy atom. The Kier molecular flexibility index (Phi) is 5.85. The smallest absolute Gasteiger partial charge is 0.268 e. The number of nitrogens with zero attached hydrogens (tertiary/aromatic N) is 3. The summed E-state index contributed by atoms with van der Waals surface area (Å²) in [5.41, 5.74) is 0.863. The van der Waals surface area contributed by atoms with E-state index in [0.717, 1.165) is 25.3 Å². The number of likely N-dealkylation sites (N-methyl/N-ethyl adjacent to an activating group) is 1. The Hall–Kier alpha value is -1.36. The molecule has 0 saturated carbocycles. The maximum Gasteiger partial charge on any atom is 0.268 e. The molecule has 0 amide bonds. The average Bonchev–Trinajstić information content (AvgIpc) is 2.34. The highest BCUT2D eigenvalue weighted by Crippen LogP contribution is 2.08. The van der Waals surface area contributed by atoms with E-state index >= 15 is 0 Å². The van der Waals surface area contributed by atoms with Gasteiger partial charge in [-0.2, -0.15) is 5.10 Å². The zero-order valence-corrected chi connectivity index (χ0v) is 11.8. The Morgan fingerprint density at radius 3 is 2.56 bits per heavy atom. The van der Waals surface area contributed by atoms with Crippen molar-refractivity contribution in [3.05, 3.63) is 22.6 Å². The first-order valence-corrected chi connectivity index (χ1v) is 6.67. The molecule has 0 radical (unpaired) electrons. The van der Waals surface area contributed by atoms with Crippen molar-refractivity contribution >= 4 is 5.69 Å². The summed E-state index contributed by atoms with van der Waals surface area (Å²) >= 11 is 0. The first kappa shape index (κ1) is 14.7. The Labute approximate surface area is 109 Å². The van der Waals surface area contributed by atoms with E-state index in [0.29, 0.717) is 6.54 Å². The van der Waals surface area contributed by atoms with Crippen LogP contribution in [0.5, 0.6) is 0 Å². The zero-order chi connectivity index (χ0) is 13.5. The van der Waals surface area contributed by atoms with Crippen LogP contribution in [-0.4, -0.2) is 35.5 Å². The second kappa shape index (κ2) is 7.16. The summed E-state index contributed by atoms with van der Waals surface area (Å²) in [6, 6.07) is 1.91. The van der Waals surface area contributed by atoms with E-state index in [1.165, 1.54) is 4.68 Å². The average molecular weight is 252 g/mol. The molecule has 1 aromatic rings. The van der Waals surface area contributed by atoms with Crippen LogP contribution in [0.3, 0.4) is 0 Å². The highest BCUT2D eigenvalue weighted by molar-refractivity contribution is 5.42. The van der Waals surface area contributed by atoms with Crippen molar-refractivity contribution in [3.8, 4) is 0 Å². The van der Waals surface area contributed by atoms with Crippen molar-refractivity contribution in [1.29, 1.82) is 0 Å². The van der Waals surface area contributed by atoms with Crippen molar-refractivity contribution < 1.29 is 0 Å². The Bertz CT molecular complexity index is 412. The third kappa shape index (κ3) is 3.84. The SMILES string of the molecule is CCNC(C)Cn1ncc(N(CC)CC)cc1=O. The van der Waals surface area contributed by atoms with Gasteiger partial charge in [0.05, 0.1) is 18.4 Å². The molecule has 18 heavy (non-hydrogen) atoms. The normalized spacial score (nSPS) is 12.4. The van der Waals surface area contributed by atoms with Gasteiger partial charge in [0.15, 0.2) is 0 Å². The molecule has 0 aliphatic rings. The minimum Gasteiger partial charge on any atom is -0.371 e. The molecule has 1 aromatic heterocycles. The molecule has 102 valence electrons. The van der Waals surface area contributed by atoms with Gasteiger partial charge >= 0.3 is 0 Å². The minimum absolute atomic E-state index is 0.0378. The fourth-order valence-electron chi connectivity index (χ4n) is 2.00. The predicted octanol–water partition coefficient (Wildman–Crippen LogP) is 1.09. The van der Waals surface area contributed by atoms with E-state index in [9.17, 15) is 4.79 Å². The summed E-state index contributed by atoms with van der Waals surface area (Å²) in [5, 5.41) is 7.51. The van der Waals surface area contributed by atoms with Crippen LogP contribution in [0, 0.1) is 0 Å². The van der Waals surface area contributed by atoms with Crippen molar-refractivity contribution in [2.75, 3.05) is 24.5 Å². The van der Waals surface area contributed by atoms with Crippen molar-refractivity contribution in [1.82, 2.24) is 15.1 Å². The lowest BCUT2D eigenvalue weighted by Crippen LogP contribution is -2.36. The quantitative estimate of drug-likeness (QED) is 0.789. The Balaban J connectivity index is 2.83. The highest BCUT2D eigenvalue weighted by atomic mass is 16.1. The maximum absolute atomic E-state index is 12.0. The number of anilines is 1. The lowest BCUT2D eigenvalue weighted by molar-refractivity contribution is 0.447. The monoisotopic (exact) mass is 252 g/mol. The number of hydrogen-bond donors (Lipinski definition) is 1.